The monoisotopic (exact) mass is 195 g/mol. The molecule has 1 aromatic rings. The van der Waals surface area contributed by atoms with Crippen LogP contribution in [-0.4, -0.2) is 10.9 Å². The van der Waals surface area contributed by atoms with Crippen LogP contribution in [0.2, 0.25) is 0 Å². The Morgan fingerprint density at radius 2 is 2.31 bits per heavy atom. The van der Waals surface area contributed by atoms with Crippen molar-refractivity contribution in [2.24, 2.45) is 5.73 Å². The van der Waals surface area contributed by atoms with Gasteiger partial charge in [-0.05, 0) is 36.3 Å². The molecule has 1 atom stereocenters. The lowest BCUT2D eigenvalue weighted by molar-refractivity contribution is 0.457. The minimum absolute atomic E-state index is 0.100. The van der Waals surface area contributed by atoms with E-state index in [1.165, 1.54) is 5.56 Å². The van der Waals surface area contributed by atoms with Crippen LogP contribution in [0.4, 0.5) is 0 Å². The minimum atomic E-state index is 0.100. The van der Waals surface area contributed by atoms with Crippen LogP contribution in [0.15, 0.2) is 17.0 Å². The lowest BCUT2D eigenvalue weighted by Gasteiger charge is -2.24. The third-order valence-electron chi connectivity index (χ3n) is 2.44. The highest BCUT2D eigenvalue weighted by Gasteiger charge is 2.21. The molecule has 2 nitrogen and oxygen atoms in total. The van der Waals surface area contributed by atoms with Crippen molar-refractivity contribution in [3.05, 3.63) is 23.3 Å². The molecule has 0 radical (unpaired) electrons. The van der Waals surface area contributed by atoms with Crippen molar-refractivity contribution in [2.75, 3.05) is 5.75 Å². The van der Waals surface area contributed by atoms with E-state index in [4.69, 9.17) is 5.73 Å². The average molecular weight is 195 g/mol. The molecule has 2 rings (SSSR count). The third kappa shape index (κ3) is 1.42. The Labute approximate surface area is 82.1 Å². The second-order valence-corrected chi connectivity index (χ2v) is 4.49. The van der Waals surface area contributed by atoms with E-state index in [1.54, 1.807) is 17.8 Å². The van der Waals surface area contributed by atoms with E-state index >= 15 is 0 Å². The fourth-order valence-corrected chi connectivity index (χ4v) is 2.99. The van der Waals surface area contributed by atoms with Gasteiger partial charge in [-0.2, -0.15) is 0 Å². The predicted octanol–water partition coefficient (Wildman–Crippen LogP) is 2.20. The number of hydrogen-bond donors (Lipinski definition) is 2. The van der Waals surface area contributed by atoms with Crippen molar-refractivity contribution in [3.8, 4) is 5.75 Å². The molecule has 1 aliphatic heterocycles. The summed E-state index contributed by atoms with van der Waals surface area (Å²) < 4.78 is 0. The molecule has 0 spiro atoms. The summed E-state index contributed by atoms with van der Waals surface area (Å²) in [5.74, 6) is 1.38. The largest absolute Gasteiger partial charge is 0.507 e. The van der Waals surface area contributed by atoms with Crippen molar-refractivity contribution in [1.29, 1.82) is 0 Å². The molecule has 13 heavy (non-hydrogen) atoms. The SMILES string of the molecule is Cc1ccc(O)c2c1C(N)CCS2. The maximum Gasteiger partial charge on any atom is 0.129 e. The van der Waals surface area contributed by atoms with E-state index in [-0.39, 0.29) is 6.04 Å². The molecule has 70 valence electrons. The fraction of sp³-hybridized carbons (Fsp3) is 0.400. The van der Waals surface area contributed by atoms with Crippen LogP contribution < -0.4 is 5.73 Å². The highest BCUT2D eigenvalue weighted by atomic mass is 32.2. The first-order chi connectivity index (χ1) is 6.20. The zero-order chi connectivity index (χ0) is 9.42. The number of hydrogen-bond acceptors (Lipinski definition) is 3. The molecular weight excluding hydrogens is 182 g/mol. The summed E-state index contributed by atoms with van der Waals surface area (Å²) >= 11 is 1.70. The summed E-state index contributed by atoms with van der Waals surface area (Å²) in [6, 6.07) is 3.78. The lowest BCUT2D eigenvalue weighted by Crippen LogP contribution is -2.17. The number of phenolic OH excluding ortho intramolecular Hbond substituents is 1. The van der Waals surface area contributed by atoms with Crippen molar-refractivity contribution >= 4 is 11.8 Å². The Balaban J connectivity index is 2.60. The normalized spacial score (nSPS) is 21.2. The molecule has 0 aromatic heterocycles. The van der Waals surface area contributed by atoms with Crippen LogP contribution in [-0.2, 0) is 0 Å². The molecule has 0 fully saturated rings. The number of thioether (sulfide) groups is 1. The summed E-state index contributed by atoms with van der Waals surface area (Å²) in [4.78, 5) is 0.985. The molecular formula is C10H13NOS. The number of nitrogens with two attached hydrogens (primary N) is 1. The summed E-state index contributed by atoms with van der Waals surface area (Å²) in [6.07, 6.45) is 1.00. The van der Waals surface area contributed by atoms with Gasteiger partial charge in [0.25, 0.3) is 0 Å². The van der Waals surface area contributed by atoms with Gasteiger partial charge in [-0.25, -0.2) is 0 Å². The molecule has 3 heteroatoms. The average Bonchev–Trinajstić information content (AvgIpc) is 2.12. The van der Waals surface area contributed by atoms with Crippen molar-refractivity contribution in [3.63, 3.8) is 0 Å². The van der Waals surface area contributed by atoms with Gasteiger partial charge in [0, 0.05) is 6.04 Å². The van der Waals surface area contributed by atoms with E-state index in [2.05, 4.69) is 0 Å². The van der Waals surface area contributed by atoms with Crippen LogP contribution >= 0.6 is 11.8 Å². The van der Waals surface area contributed by atoms with Crippen LogP contribution in [0.5, 0.6) is 5.75 Å². The zero-order valence-corrected chi connectivity index (χ0v) is 8.40. The summed E-state index contributed by atoms with van der Waals surface area (Å²) in [6.45, 7) is 2.05. The van der Waals surface area contributed by atoms with Crippen LogP contribution in [0.1, 0.15) is 23.6 Å². The van der Waals surface area contributed by atoms with E-state index in [0.717, 1.165) is 22.6 Å². The molecule has 0 saturated heterocycles. The maximum atomic E-state index is 9.62. The summed E-state index contributed by atoms with van der Waals surface area (Å²) in [7, 11) is 0. The van der Waals surface area contributed by atoms with Gasteiger partial charge < -0.3 is 10.8 Å². The number of benzene rings is 1. The molecule has 0 saturated carbocycles. The predicted molar refractivity (Wildman–Crippen MR) is 55.1 cm³/mol. The maximum absolute atomic E-state index is 9.62. The van der Waals surface area contributed by atoms with E-state index < -0.39 is 0 Å². The second kappa shape index (κ2) is 3.24. The third-order valence-corrected chi connectivity index (χ3v) is 3.60. The first-order valence-electron chi connectivity index (χ1n) is 4.41. The highest BCUT2D eigenvalue weighted by molar-refractivity contribution is 7.99. The van der Waals surface area contributed by atoms with Crippen molar-refractivity contribution in [1.82, 2.24) is 0 Å². The standard InChI is InChI=1S/C10H13NOS/c1-6-2-3-8(12)10-9(6)7(11)4-5-13-10/h2-3,7,12H,4-5,11H2,1H3. The van der Waals surface area contributed by atoms with Gasteiger partial charge in [-0.3, -0.25) is 0 Å². The molecule has 0 bridgehead atoms. The molecule has 1 heterocycles. The number of fused-ring (bicyclic) bond motifs is 1. The molecule has 1 aromatic carbocycles. The van der Waals surface area contributed by atoms with Crippen LogP contribution in [0.25, 0.3) is 0 Å². The second-order valence-electron chi connectivity index (χ2n) is 3.39. The molecule has 3 N–H and O–H groups in total. The lowest BCUT2D eigenvalue weighted by atomic mass is 9.99. The Morgan fingerprint density at radius 3 is 3.00 bits per heavy atom. The number of phenols is 1. The van der Waals surface area contributed by atoms with E-state index in [1.807, 2.05) is 13.0 Å². The summed E-state index contributed by atoms with van der Waals surface area (Å²) in [5, 5.41) is 9.62. The number of rotatable bonds is 0. The van der Waals surface area contributed by atoms with Gasteiger partial charge in [0.05, 0.1) is 4.90 Å². The smallest absolute Gasteiger partial charge is 0.129 e. The van der Waals surface area contributed by atoms with E-state index in [9.17, 15) is 5.11 Å². The fourth-order valence-electron chi connectivity index (χ4n) is 1.73. The van der Waals surface area contributed by atoms with Gasteiger partial charge in [-0.15, -0.1) is 11.8 Å². The molecule has 1 aliphatic rings. The van der Waals surface area contributed by atoms with Gasteiger partial charge in [0.1, 0.15) is 5.75 Å². The van der Waals surface area contributed by atoms with Gasteiger partial charge in [-0.1, -0.05) is 6.07 Å². The first-order valence-corrected chi connectivity index (χ1v) is 5.39. The minimum Gasteiger partial charge on any atom is -0.507 e. The topological polar surface area (TPSA) is 46.2 Å². The van der Waals surface area contributed by atoms with Crippen molar-refractivity contribution < 1.29 is 5.11 Å². The van der Waals surface area contributed by atoms with Crippen LogP contribution in [0, 0.1) is 6.92 Å². The molecule has 0 aliphatic carbocycles. The van der Waals surface area contributed by atoms with Gasteiger partial charge in [0.15, 0.2) is 0 Å². The van der Waals surface area contributed by atoms with Crippen molar-refractivity contribution in [2.45, 2.75) is 24.3 Å². The number of aryl methyl sites for hydroxylation is 1. The highest BCUT2D eigenvalue weighted by Crippen LogP contribution is 2.41. The van der Waals surface area contributed by atoms with Gasteiger partial charge >= 0.3 is 0 Å². The summed E-state index contributed by atoms with van der Waals surface area (Å²) in [5.41, 5.74) is 8.31. The Kier molecular flexibility index (Phi) is 2.22. The Bertz CT molecular complexity index is 338. The van der Waals surface area contributed by atoms with Crippen LogP contribution in [0.3, 0.4) is 0 Å². The Morgan fingerprint density at radius 1 is 1.54 bits per heavy atom. The molecule has 0 amide bonds. The van der Waals surface area contributed by atoms with E-state index in [0.29, 0.717) is 5.75 Å². The number of aromatic hydroxyl groups is 1. The first kappa shape index (κ1) is 8.91. The molecule has 1 unspecified atom stereocenters. The zero-order valence-electron chi connectivity index (χ0n) is 7.58. The van der Waals surface area contributed by atoms with Gasteiger partial charge in [0.2, 0.25) is 0 Å². The Hall–Kier alpha value is -0.670. The quantitative estimate of drug-likeness (QED) is 0.667.